The van der Waals surface area contributed by atoms with Gasteiger partial charge in [-0.15, -0.1) is 0 Å². The van der Waals surface area contributed by atoms with Gasteiger partial charge in [0.05, 0.1) is 17.9 Å². The predicted octanol–water partition coefficient (Wildman–Crippen LogP) is 2.29. The molecule has 28 heavy (non-hydrogen) atoms. The van der Waals surface area contributed by atoms with Crippen LogP contribution in [0.15, 0.2) is 36.4 Å². The zero-order valence-corrected chi connectivity index (χ0v) is 15.5. The minimum absolute atomic E-state index is 0.0879. The molecule has 0 spiro atoms. The minimum Gasteiger partial charge on any atom is -0.490 e. The molecule has 0 saturated heterocycles. The highest BCUT2D eigenvalue weighted by Gasteiger charge is 2.51. The third-order valence-corrected chi connectivity index (χ3v) is 6.07. The lowest BCUT2D eigenvalue weighted by Gasteiger charge is -2.23. The summed E-state index contributed by atoms with van der Waals surface area (Å²) >= 11 is 0. The number of allylic oxidation sites excluding steroid dienone is 2. The van der Waals surface area contributed by atoms with Crippen molar-refractivity contribution in [3.63, 3.8) is 0 Å². The van der Waals surface area contributed by atoms with Crippen molar-refractivity contribution in [3.8, 4) is 5.75 Å². The summed E-state index contributed by atoms with van der Waals surface area (Å²) in [5.74, 6) is -2.75. The van der Waals surface area contributed by atoms with Crippen molar-refractivity contribution in [3.05, 3.63) is 42.0 Å². The molecule has 7 nitrogen and oxygen atoms in total. The topological polar surface area (TPSA) is 105 Å². The van der Waals surface area contributed by atoms with E-state index >= 15 is 0 Å². The first-order valence-corrected chi connectivity index (χ1v) is 9.81. The maximum atomic E-state index is 12.5. The summed E-state index contributed by atoms with van der Waals surface area (Å²) in [6.07, 6.45) is 9.19. The molecule has 0 unspecified atom stereocenters. The Morgan fingerprint density at radius 3 is 2.21 bits per heavy atom. The van der Waals surface area contributed by atoms with Crippen LogP contribution in [-0.2, 0) is 9.59 Å². The van der Waals surface area contributed by atoms with E-state index in [4.69, 9.17) is 4.74 Å². The number of nitrogens with one attached hydrogen (secondary N) is 2. The van der Waals surface area contributed by atoms with Gasteiger partial charge in [0.15, 0.2) is 0 Å². The molecule has 4 atom stereocenters. The number of benzene rings is 1. The van der Waals surface area contributed by atoms with Gasteiger partial charge in [-0.2, -0.15) is 0 Å². The number of amides is 2. The van der Waals surface area contributed by atoms with E-state index in [1.165, 1.54) is 12.8 Å². The molecule has 2 amide bonds. The molecule has 0 aromatic heterocycles. The normalized spacial score (nSPS) is 28.3. The number of rotatable bonds is 5. The Hall–Kier alpha value is -2.83. The molecule has 0 radical (unpaired) electrons. The number of carbonyl (C=O) groups excluding carboxylic acids is 2. The average molecular weight is 384 g/mol. The highest BCUT2D eigenvalue weighted by Crippen LogP contribution is 2.48. The molecular formula is C21H24N2O5. The molecular weight excluding hydrogens is 360 g/mol. The van der Waals surface area contributed by atoms with E-state index < -0.39 is 29.6 Å². The summed E-state index contributed by atoms with van der Waals surface area (Å²) in [5, 5.41) is 9.42. The molecule has 4 rings (SSSR count). The Morgan fingerprint density at radius 1 is 0.929 bits per heavy atom. The summed E-state index contributed by atoms with van der Waals surface area (Å²) in [7, 11) is 0. The third kappa shape index (κ3) is 3.61. The Balaban J connectivity index is 1.32. The van der Waals surface area contributed by atoms with Gasteiger partial charge in [-0.05, 0) is 68.2 Å². The zero-order chi connectivity index (χ0) is 19.7. The van der Waals surface area contributed by atoms with Gasteiger partial charge in [0.2, 0.25) is 5.91 Å². The quantitative estimate of drug-likeness (QED) is 0.534. The standard InChI is InChI=1S/C21H24N2O5/c24-19(12-7-9-16(10-8-12)28-15-3-1-2-4-15)22-23-20(25)17-13-5-6-14(11-13)18(17)21(26)27/h5-10,13-15,17-18H,1-4,11H2,(H,22,24)(H,23,25)(H,26,27)/t13-,14+,17+,18+/m0/s1. The molecule has 0 aliphatic heterocycles. The lowest BCUT2D eigenvalue weighted by Crippen LogP contribution is -2.48. The Labute approximate surface area is 163 Å². The second kappa shape index (κ2) is 7.66. The van der Waals surface area contributed by atoms with Crippen LogP contribution in [0.3, 0.4) is 0 Å². The van der Waals surface area contributed by atoms with Crippen molar-refractivity contribution < 1.29 is 24.2 Å². The molecule has 2 fully saturated rings. The van der Waals surface area contributed by atoms with Gasteiger partial charge in [0, 0.05) is 5.56 Å². The van der Waals surface area contributed by atoms with Crippen molar-refractivity contribution in [1.82, 2.24) is 10.9 Å². The summed E-state index contributed by atoms with van der Waals surface area (Å²) in [5.41, 5.74) is 5.18. The van der Waals surface area contributed by atoms with Crippen LogP contribution in [0.5, 0.6) is 5.75 Å². The number of aliphatic carboxylic acids is 1. The minimum atomic E-state index is -0.971. The summed E-state index contributed by atoms with van der Waals surface area (Å²) in [4.78, 5) is 36.3. The Morgan fingerprint density at radius 2 is 1.57 bits per heavy atom. The van der Waals surface area contributed by atoms with E-state index in [0.29, 0.717) is 12.0 Å². The molecule has 148 valence electrons. The summed E-state index contributed by atoms with van der Waals surface area (Å²) < 4.78 is 5.87. The first kappa shape index (κ1) is 18.5. The monoisotopic (exact) mass is 384 g/mol. The third-order valence-electron chi connectivity index (χ3n) is 6.07. The van der Waals surface area contributed by atoms with Crippen LogP contribution in [-0.4, -0.2) is 29.0 Å². The van der Waals surface area contributed by atoms with Crippen LogP contribution in [0.25, 0.3) is 0 Å². The molecule has 3 aliphatic carbocycles. The fourth-order valence-corrected chi connectivity index (χ4v) is 4.67. The number of fused-ring (bicyclic) bond motifs is 2. The van der Waals surface area contributed by atoms with Gasteiger partial charge in [-0.25, -0.2) is 0 Å². The molecule has 2 saturated carbocycles. The van der Waals surface area contributed by atoms with Gasteiger partial charge < -0.3 is 9.84 Å². The van der Waals surface area contributed by atoms with Crippen molar-refractivity contribution >= 4 is 17.8 Å². The number of hydrogen-bond donors (Lipinski definition) is 3. The SMILES string of the molecule is O=C(NNC(=O)[C@H]1[C@H](C(=O)O)[C@@H]2C=C[C@H]1C2)c1ccc(OC2CCCC2)cc1. The Kier molecular flexibility index (Phi) is 5.07. The summed E-state index contributed by atoms with van der Waals surface area (Å²) in [6, 6.07) is 6.78. The predicted molar refractivity (Wildman–Crippen MR) is 100 cm³/mol. The maximum Gasteiger partial charge on any atom is 0.307 e. The van der Waals surface area contributed by atoms with Crippen LogP contribution in [0.2, 0.25) is 0 Å². The first-order chi connectivity index (χ1) is 13.5. The molecule has 2 bridgehead atoms. The number of carboxylic acid groups (broad SMARTS) is 1. The fourth-order valence-electron chi connectivity index (χ4n) is 4.67. The lowest BCUT2D eigenvalue weighted by molar-refractivity contribution is -0.148. The zero-order valence-electron chi connectivity index (χ0n) is 15.5. The van der Waals surface area contributed by atoms with Crippen LogP contribution in [0.1, 0.15) is 42.5 Å². The largest absolute Gasteiger partial charge is 0.490 e. The smallest absolute Gasteiger partial charge is 0.307 e. The average Bonchev–Trinajstić information content (AvgIpc) is 3.43. The van der Waals surface area contributed by atoms with E-state index in [9.17, 15) is 19.5 Å². The molecule has 0 heterocycles. The molecule has 7 heteroatoms. The van der Waals surface area contributed by atoms with Gasteiger partial charge in [-0.1, -0.05) is 12.2 Å². The van der Waals surface area contributed by atoms with Crippen molar-refractivity contribution in [2.45, 2.75) is 38.2 Å². The lowest BCUT2D eigenvalue weighted by atomic mass is 9.82. The van der Waals surface area contributed by atoms with E-state index in [1.54, 1.807) is 24.3 Å². The number of ether oxygens (including phenoxy) is 1. The molecule has 1 aromatic rings. The van der Waals surface area contributed by atoms with Crippen molar-refractivity contribution in [1.29, 1.82) is 0 Å². The number of hydrazine groups is 1. The molecule has 1 aromatic carbocycles. The number of hydrogen-bond acceptors (Lipinski definition) is 4. The van der Waals surface area contributed by atoms with Gasteiger partial charge in [-0.3, -0.25) is 25.2 Å². The van der Waals surface area contributed by atoms with Crippen LogP contribution in [0, 0.1) is 23.7 Å². The second-order valence-electron chi connectivity index (χ2n) is 7.83. The first-order valence-electron chi connectivity index (χ1n) is 9.81. The van der Waals surface area contributed by atoms with E-state index in [2.05, 4.69) is 10.9 Å². The van der Waals surface area contributed by atoms with Gasteiger partial charge in [0.25, 0.3) is 5.91 Å². The van der Waals surface area contributed by atoms with Crippen molar-refractivity contribution in [2.75, 3.05) is 0 Å². The molecule has 3 aliphatic rings. The highest BCUT2D eigenvalue weighted by atomic mass is 16.5. The maximum absolute atomic E-state index is 12.5. The fraction of sp³-hybridized carbons (Fsp3) is 0.476. The highest BCUT2D eigenvalue weighted by molar-refractivity contribution is 5.96. The van der Waals surface area contributed by atoms with Crippen LogP contribution in [0.4, 0.5) is 0 Å². The van der Waals surface area contributed by atoms with E-state index in [-0.39, 0.29) is 17.9 Å². The molecule has 3 N–H and O–H groups in total. The van der Waals surface area contributed by atoms with E-state index in [1.807, 2.05) is 12.2 Å². The van der Waals surface area contributed by atoms with Crippen LogP contribution >= 0.6 is 0 Å². The van der Waals surface area contributed by atoms with Crippen molar-refractivity contribution in [2.24, 2.45) is 23.7 Å². The Bertz CT molecular complexity index is 798. The number of carbonyl (C=O) groups is 3. The number of carboxylic acids is 1. The van der Waals surface area contributed by atoms with E-state index in [0.717, 1.165) is 18.6 Å². The van der Waals surface area contributed by atoms with Crippen LogP contribution < -0.4 is 15.6 Å². The second-order valence-corrected chi connectivity index (χ2v) is 7.83. The van der Waals surface area contributed by atoms with Gasteiger partial charge in [0.1, 0.15) is 5.75 Å². The summed E-state index contributed by atoms with van der Waals surface area (Å²) in [6.45, 7) is 0. The van der Waals surface area contributed by atoms with Gasteiger partial charge >= 0.3 is 5.97 Å².